The Labute approximate surface area is 126 Å². The summed E-state index contributed by atoms with van der Waals surface area (Å²) in [5.74, 6) is 0. The largest absolute Gasteiger partial charge is 0.320 e. The smallest absolute Gasteiger partial charge is 0.0753 e. The number of rotatable bonds is 2. The maximum Gasteiger partial charge on any atom is 0.0753 e. The summed E-state index contributed by atoms with van der Waals surface area (Å²) in [6, 6.07) is 20.7. The summed E-state index contributed by atoms with van der Waals surface area (Å²) in [6.45, 7) is 0. The molecule has 0 bridgehead atoms. The molecule has 0 aliphatic carbocycles. The summed E-state index contributed by atoms with van der Waals surface area (Å²) in [6.07, 6.45) is 1.82. The van der Waals surface area contributed by atoms with Gasteiger partial charge in [0, 0.05) is 26.7 Å². The average Bonchev–Trinajstić information content (AvgIpc) is 2.97. The van der Waals surface area contributed by atoms with Crippen LogP contribution in [0.2, 0.25) is 0 Å². The lowest BCUT2D eigenvalue weighted by atomic mass is 10.0. The number of pyridine rings is 1. The quantitative estimate of drug-likeness (QED) is 0.590. The zero-order valence-corrected chi connectivity index (χ0v) is 12.2. The monoisotopic (exact) mass is 290 g/mol. The lowest BCUT2D eigenvalue weighted by molar-refractivity contribution is 0.900. The fraction of sp³-hybridized carbons (Fsp3) is 0.0556. The summed E-state index contributed by atoms with van der Waals surface area (Å²) in [5.41, 5.74) is 8.59. The maximum atomic E-state index is 6.52. The Hall–Kier alpha value is -2.23. The van der Waals surface area contributed by atoms with Gasteiger partial charge in [-0.1, -0.05) is 42.5 Å². The molecule has 4 aromatic rings. The summed E-state index contributed by atoms with van der Waals surface area (Å²) >= 11 is 1.76. The number of nitrogens with two attached hydrogens (primary N) is 1. The molecule has 3 heteroatoms. The second-order valence-corrected chi connectivity index (χ2v) is 6.20. The summed E-state index contributed by atoms with van der Waals surface area (Å²) in [7, 11) is 0. The van der Waals surface area contributed by atoms with Crippen LogP contribution in [0, 0.1) is 0 Å². The van der Waals surface area contributed by atoms with Gasteiger partial charge in [0.25, 0.3) is 0 Å². The highest BCUT2D eigenvalue weighted by atomic mass is 32.1. The molecule has 1 unspecified atom stereocenters. The predicted octanol–water partition coefficient (Wildman–Crippen LogP) is 4.50. The van der Waals surface area contributed by atoms with Gasteiger partial charge in [0.15, 0.2) is 0 Å². The van der Waals surface area contributed by atoms with E-state index < -0.39 is 0 Å². The standard InChI is InChI=1S/C18H14N2S/c19-17(16-11-13-5-1-2-9-15(13)21-16)14-8-3-6-12-7-4-10-20-18(12)14/h1-11,17H,19H2. The van der Waals surface area contributed by atoms with Crippen LogP contribution in [0.1, 0.15) is 16.5 Å². The third-order valence-corrected chi connectivity index (χ3v) is 4.95. The van der Waals surface area contributed by atoms with E-state index in [9.17, 15) is 0 Å². The number of hydrogen-bond donors (Lipinski definition) is 1. The van der Waals surface area contributed by atoms with Crippen molar-refractivity contribution in [2.45, 2.75) is 6.04 Å². The maximum absolute atomic E-state index is 6.52. The van der Waals surface area contributed by atoms with Gasteiger partial charge >= 0.3 is 0 Å². The van der Waals surface area contributed by atoms with Gasteiger partial charge in [-0.3, -0.25) is 4.98 Å². The van der Waals surface area contributed by atoms with E-state index in [1.54, 1.807) is 11.3 Å². The molecule has 2 aromatic heterocycles. The molecule has 2 N–H and O–H groups in total. The average molecular weight is 290 g/mol. The van der Waals surface area contributed by atoms with Crippen LogP contribution in [0.15, 0.2) is 66.9 Å². The molecule has 1 atom stereocenters. The van der Waals surface area contributed by atoms with E-state index in [2.05, 4.69) is 53.5 Å². The fourth-order valence-corrected chi connectivity index (χ4v) is 3.77. The van der Waals surface area contributed by atoms with Crippen molar-refractivity contribution in [2.75, 3.05) is 0 Å². The molecule has 2 nitrogen and oxygen atoms in total. The van der Waals surface area contributed by atoms with E-state index in [0.717, 1.165) is 16.5 Å². The first-order chi connectivity index (χ1) is 10.3. The van der Waals surface area contributed by atoms with Crippen LogP contribution >= 0.6 is 11.3 Å². The second kappa shape index (κ2) is 4.95. The molecule has 0 spiro atoms. The van der Waals surface area contributed by atoms with Crippen LogP contribution in [0.3, 0.4) is 0 Å². The Morgan fingerprint density at radius 1 is 0.905 bits per heavy atom. The molecular formula is C18H14N2S. The van der Waals surface area contributed by atoms with Gasteiger partial charge in [-0.2, -0.15) is 0 Å². The minimum atomic E-state index is -0.138. The van der Waals surface area contributed by atoms with Crippen LogP contribution in [-0.4, -0.2) is 4.98 Å². The van der Waals surface area contributed by atoms with Crippen molar-refractivity contribution in [3.8, 4) is 0 Å². The number of benzene rings is 2. The first kappa shape index (κ1) is 12.5. The van der Waals surface area contributed by atoms with Gasteiger partial charge in [-0.05, 0) is 23.6 Å². The molecule has 21 heavy (non-hydrogen) atoms. The normalized spacial score (nSPS) is 12.8. The van der Waals surface area contributed by atoms with Gasteiger partial charge in [0.05, 0.1) is 11.6 Å². The number of nitrogens with zero attached hydrogens (tertiary/aromatic N) is 1. The van der Waals surface area contributed by atoms with Gasteiger partial charge in [-0.15, -0.1) is 11.3 Å². The number of para-hydroxylation sites is 1. The van der Waals surface area contributed by atoms with Crippen molar-refractivity contribution in [3.05, 3.63) is 77.3 Å². The molecule has 2 heterocycles. The Kier molecular flexibility index (Phi) is 2.95. The SMILES string of the molecule is NC(c1cc2ccccc2s1)c1cccc2cccnc12. The molecular weight excluding hydrogens is 276 g/mol. The topological polar surface area (TPSA) is 38.9 Å². The van der Waals surface area contributed by atoms with E-state index in [1.165, 1.54) is 15.0 Å². The summed E-state index contributed by atoms with van der Waals surface area (Å²) in [4.78, 5) is 5.68. The minimum absolute atomic E-state index is 0.138. The van der Waals surface area contributed by atoms with E-state index >= 15 is 0 Å². The van der Waals surface area contributed by atoms with Crippen molar-refractivity contribution >= 4 is 32.3 Å². The zero-order valence-electron chi connectivity index (χ0n) is 11.4. The lowest BCUT2D eigenvalue weighted by Gasteiger charge is -2.12. The Morgan fingerprint density at radius 2 is 1.71 bits per heavy atom. The van der Waals surface area contributed by atoms with E-state index in [1.807, 2.05) is 18.3 Å². The van der Waals surface area contributed by atoms with Crippen LogP contribution in [0.25, 0.3) is 21.0 Å². The third kappa shape index (κ3) is 2.11. The van der Waals surface area contributed by atoms with Crippen molar-refractivity contribution in [1.82, 2.24) is 4.98 Å². The molecule has 0 aliphatic rings. The molecule has 0 radical (unpaired) electrons. The van der Waals surface area contributed by atoms with Crippen LogP contribution in [-0.2, 0) is 0 Å². The van der Waals surface area contributed by atoms with Crippen molar-refractivity contribution in [3.63, 3.8) is 0 Å². The zero-order chi connectivity index (χ0) is 14.2. The molecule has 0 saturated heterocycles. The second-order valence-electron chi connectivity index (χ2n) is 5.09. The molecule has 0 aliphatic heterocycles. The first-order valence-electron chi connectivity index (χ1n) is 6.90. The lowest BCUT2D eigenvalue weighted by Crippen LogP contribution is -2.11. The van der Waals surface area contributed by atoms with Crippen LogP contribution < -0.4 is 5.73 Å². The fourth-order valence-electron chi connectivity index (χ4n) is 2.69. The highest BCUT2D eigenvalue weighted by molar-refractivity contribution is 7.19. The van der Waals surface area contributed by atoms with E-state index in [0.29, 0.717) is 0 Å². The van der Waals surface area contributed by atoms with Crippen molar-refractivity contribution in [1.29, 1.82) is 0 Å². The highest BCUT2D eigenvalue weighted by Gasteiger charge is 2.15. The minimum Gasteiger partial charge on any atom is -0.320 e. The van der Waals surface area contributed by atoms with E-state index in [4.69, 9.17) is 5.73 Å². The molecule has 0 amide bonds. The Bertz CT molecular complexity index is 888. The molecule has 2 aromatic carbocycles. The molecule has 0 fully saturated rings. The Morgan fingerprint density at radius 3 is 2.62 bits per heavy atom. The third-order valence-electron chi connectivity index (χ3n) is 3.75. The number of hydrogen-bond acceptors (Lipinski definition) is 3. The predicted molar refractivity (Wildman–Crippen MR) is 89.6 cm³/mol. The van der Waals surface area contributed by atoms with Crippen molar-refractivity contribution in [2.24, 2.45) is 5.73 Å². The highest BCUT2D eigenvalue weighted by Crippen LogP contribution is 2.33. The Balaban J connectivity index is 1.87. The van der Waals surface area contributed by atoms with E-state index in [-0.39, 0.29) is 6.04 Å². The summed E-state index contributed by atoms with van der Waals surface area (Å²) in [5, 5.41) is 2.38. The molecule has 102 valence electrons. The van der Waals surface area contributed by atoms with Gasteiger partial charge < -0.3 is 5.73 Å². The molecule has 4 rings (SSSR count). The first-order valence-corrected chi connectivity index (χ1v) is 7.72. The van der Waals surface area contributed by atoms with Gasteiger partial charge in [0.2, 0.25) is 0 Å². The van der Waals surface area contributed by atoms with Crippen molar-refractivity contribution < 1.29 is 0 Å². The molecule has 0 saturated carbocycles. The van der Waals surface area contributed by atoms with Crippen LogP contribution in [0.4, 0.5) is 0 Å². The number of fused-ring (bicyclic) bond motifs is 2. The van der Waals surface area contributed by atoms with Gasteiger partial charge in [0.1, 0.15) is 0 Å². The summed E-state index contributed by atoms with van der Waals surface area (Å²) < 4.78 is 1.27. The van der Waals surface area contributed by atoms with Crippen LogP contribution in [0.5, 0.6) is 0 Å². The number of thiophene rings is 1. The van der Waals surface area contributed by atoms with Gasteiger partial charge in [-0.25, -0.2) is 0 Å². The number of aromatic nitrogens is 1.